The number of carbonyl (C=O) groups is 1. The Kier molecular flexibility index (Phi) is 5.72. The molecule has 0 aliphatic carbocycles. The minimum absolute atomic E-state index is 0.0847. The van der Waals surface area contributed by atoms with Gasteiger partial charge in [0.2, 0.25) is 5.91 Å². The van der Waals surface area contributed by atoms with Crippen molar-refractivity contribution < 1.29 is 9.90 Å². The van der Waals surface area contributed by atoms with Gasteiger partial charge in [-0.3, -0.25) is 9.48 Å². The second kappa shape index (κ2) is 7.75. The maximum Gasteiger partial charge on any atom is 0.222 e. The Balaban J connectivity index is 1.75. The van der Waals surface area contributed by atoms with Crippen LogP contribution in [-0.2, 0) is 18.3 Å². The molecular weight excluding hydrogens is 278 g/mol. The monoisotopic (exact) mass is 301 g/mol. The van der Waals surface area contributed by atoms with Crippen LogP contribution in [0, 0.1) is 0 Å². The summed E-state index contributed by atoms with van der Waals surface area (Å²) in [5, 5.41) is 14.2. The van der Waals surface area contributed by atoms with Crippen molar-refractivity contribution >= 4 is 5.91 Å². The lowest BCUT2D eigenvalue weighted by Crippen LogP contribution is -2.29. The van der Waals surface area contributed by atoms with E-state index in [0.29, 0.717) is 25.8 Å². The van der Waals surface area contributed by atoms with Crippen molar-refractivity contribution in [2.75, 3.05) is 13.6 Å². The zero-order chi connectivity index (χ0) is 15.9. The molecule has 2 rings (SSSR count). The van der Waals surface area contributed by atoms with E-state index in [2.05, 4.69) is 5.10 Å². The van der Waals surface area contributed by atoms with Gasteiger partial charge in [-0.05, 0) is 24.5 Å². The Morgan fingerprint density at radius 2 is 2.05 bits per heavy atom. The molecule has 0 bridgehead atoms. The molecule has 0 saturated heterocycles. The van der Waals surface area contributed by atoms with Crippen molar-refractivity contribution in [1.29, 1.82) is 0 Å². The Morgan fingerprint density at radius 3 is 2.68 bits per heavy atom. The average Bonchev–Trinajstić information content (AvgIpc) is 2.95. The Morgan fingerprint density at radius 1 is 1.32 bits per heavy atom. The number of hydrogen-bond acceptors (Lipinski definition) is 3. The normalized spacial score (nSPS) is 12.1. The van der Waals surface area contributed by atoms with Crippen LogP contribution in [0.3, 0.4) is 0 Å². The number of amides is 1. The first-order valence-corrected chi connectivity index (χ1v) is 7.52. The van der Waals surface area contributed by atoms with Crippen LogP contribution in [0.4, 0.5) is 0 Å². The first-order chi connectivity index (χ1) is 10.6. The summed E-state index contributed by atoms with van der Waals surface area (Å²) in [6.45, 7) is 0.542. The van der Waals surface area contributed by atoms with E-state index in [-0.39, 0.29) is 5.91 Å². The molecule has 0 fully saturated rings. The van der Waals surface area contributed by atoms with Gasteiger partial charge in [-0.15, -0.1) is 0 Å². The standard InChI is InChI=1S/C17H23N3O2/c1-19(13-11-16(21)14-6-4-3-5-7-14)17(22)9-8-15-10-12-18-20(15)2/h3-7,10,12,16,21H,8-9,11,13H2,1-2H3/t16-/m0/s1. The number of benzene rings is 1. The van der Waals surface area contributed by atoms with Crippen molar-refractivity contribution in [3.05, 3.63) is 53.9 Å². The number of nitrogens with zero attached hydrogens (tertiary/aromatic N) is 3. The van der Waals surface area contributed by atoms with Crippen molar-refractivity contribution in [2.45, 2.75) is 25.4 Å². The molecule has 1 atom stereocenters. The Labute approximate surface area is 131 Å². The summed E-state index contributed by atoms with van der Waals surface area (Å²) in [5.74, 6) is 0.0847. The highest BCUT2D eigenvalue weighted by atomic mass is 16.3. The summed E-state index contributed by atoms with van der Waals surface area (Å²) >= 11 is 0. The maximum absolute atomic E-state index is 12.1. The molecular formula is C17H23N3O2. The summed E-state index contributed by atoms with van der Waals surface area (Å²) in [4.78, 5) is 13.8. The number of aryl methyl sites for hydroxylation is 2. The van der Waals surface area contributed by atoms with Crippen LogP contribution in [0.25, 0.3) is 0 Å². The van der Waals surface area contributed by atoms with Crippen LogP contribution in [0.15, 0.2) is 42.6 Å². The van der Waals surface area contributed by atoms with Gasteiger partial charge in [-0.25, -0.2) is 0 Å². The van der Waals surface area contributed by atoms with Crippen LogP contribution in [0.5, 0.6) is 0 Å². The average molecular weight is 301 g/mol. The quantitative estimate of drug-likeness (QED) is 0.850. The van der Waals surface area contributed by atoms with Crippen LogP contribution < -0.4 is 0 Å². The molecule has 5 heteroatoms. The van der Waals surface area contributed by atoms with Crippen molar-refractivity contribution in [3.8, 4) is 0 Å². The van der Waals surface area contributed by atoms with Crippen LogP contribution >= 0.6 is 0 Å². The fourth-order valence-corrected chi connectivity index (χ4v) is 2.35. The highest BCUT2D eigenvalue weighted by Gasteiger charge is 2.13. The molecule has 0 saturated carbocycles. The van der Waals surface area contributed by atoms with E-state index >= 15 is 0 Å². The highest BCUT2D eigenvalue weighted by Crippen LogP contribution is 2.16. The Hall–Kier alpha value is -2.14. The van der Waals surface area contributed by atoms with E-state index in [1.54, 1.807) is 22.8 Å². The number of aliphatic hydroxyl groups is 1. The predicted octanol–water partition coefficient (Wildman–Crippen LogP) is 1.93. The first kappa shape index (κ1) is 16.2. The predicted molar refractivity (Wildman–Crippen MR) is 85.2 cm³/mol. The molecule has 1 N–H and O–H groups in total. The zero-order valence-corrected chi connectivity index (χ0v) is 13.1. The van der Waals surface area contributed by atoms with Crippen molar-refractivity contribution in [2.24, 2.45) is 7.05 Å². The van der Waals surface area contributed by atoms with Gasteiger partial charge in [-0.2, -0.15) is 5.10 Å². The number of carbonyl (C=O) groups excluding carboxylic acids is 1. The number of hydrogen-bond donors (Lipinski definition) is 1. The first-order valence-electron chi connectivity index (χ1n) is 7.52. The molecule has 0 spiro atoms. The van der Waals surface area contributed by atoms with E-state index in [0.717, 1.165) is 11.3 Å². The molecule has 1 aromatic carbocycles. The van der Waals surface area contributed by atoms with Gasteiger partial charge in [0.25, 0.3) is 0 Å². The molecule has 22 heavy (non-hydrogen) atoms. The van der Waals surface area contributed by atoms with Gasteiger partial charge in [0.05, 0.1) is 6.10 Å². The lowest BCUT2D eigenvalue weighted by molar-refractivity contribution is -0.130. The van der Waals surface area contributed by atoms with Crippen LogP contribution in [0.2, 0.25) is 0 Å². The smallest absolute Gasteiger partial charge is 0.222 e. The van der Waals surface area contributed by atoms with Gasteiger partial charge in [-0.1, -0.05) is 30.3 Å². The lowest BCUT2D eigenvalue weighted by atomic mass is 10.1. The van der Waals surface area contributed by atoms with Crippen molar-refractivity contribution in [3.63, 3.8) is 0 Å². The lowest BCUT2D eigenvalue weighted by Gasteiger charge is -2.19. The summed E-state index contributed by atoms with van der Waals surface area (Å²) in [6.07, 6.45) is 2.88. The summed E-state index contributed by atoms with van der Waals surface area (Å²) in [6, 6.07) is 11.4. The summed E-state index contributed by atoms with van der Waals surface area (Å²) in [5.41, 5.74) is 1.93. The summed E-state index contributed by atoms with van der Waals surface area (Å²) in [7, 11) is 3.66. The van der Waals surface area contributed by atoms with E-state index in [4.69, 9.17) is 0 Å². The van der Waals surface area contributed by atoms with Gasteiger partial charge >= 0.3 is 0 Å². The highest BCUT2D eigenvalue weighted by molar-refractivity contribution is 5.76. The molecule has 1 aromatic heterocycles. The van der Waals surface area contributed by atoms with Crippen LogP contribution in [0.1, 0.15) is 30.2 Å². The zero-order valence-electron chi connectivity index (χ0n) is 13.1. The second-order valence-electron chi connectivity index (χ2n) is 5.48. The SMILES string of the molecule is CN(CC[C@H](O)c1ccccc1)C(=O)CCc1ccnn1C. The van der Waals surface area contributed by atoms with E-state index < -0.39 is 6.10 Å². The van der Waals surface area contributed by atoms with Crippen LogP contribution in [-0.4, -0.2) is 39.3 Å². The van der Waals surface area contributed by atoms with E-state index in [1.165, 1.54) is 0 Å². The molecule has 0 unspecified atom stereocenters. The molecule has 5 nitrogen and oxygen atoms in total. The Bertz CT molecular complexity index is 595. The number of aromatic nitrogens is 2. The molecule has 1 heterocycles. The van der Waals surface area contributed by atoms with Gasteiger partial charge in [0, 0.05) is 39.0 Å². The van der Waals surface area contributed by atoms with Gasteiger partial charge < -0.3 is 10.0 Å². The third-order valence-electron chi connectivity index (χ3n) is 3.87. The largest absolute Gasteiger partial charge is 0.388 e. The van der Waals surface area contributed by atoms with Gasteiger partial charge in [0.15, 0.2) is 0 Å². The summed E-state index contributed by atoms with van der Waals surface area (Å²) < 4.78 is 1.78. The second-order valence-corrected chi connectivity index (χ2v) is 5.48. The topological polar surface area (TPSA) is 58.4 Å². The van der Waals surface area contributed by atoms with Crippen molar-refractivity contribution in [1.82, 2.24) is 14.7 Å². The van der Waals surface area contributed by atoms with E-state index in [9.17, 15) is 9.90 Å². The molecule has 0 radical (unpaired) electrons. The third kappa shape index (κ3) is 4.43. The minimum Gasteiger partial charge on any atom is -0.388 e. The van der Waals surface area contributed by atoms with E-state index in [1.807, 2.05) is 43.4 Å². The molecule has 1 amide bonds. The molecule has 0 aliphatic heterocycles. The molecule has 118 valence electrons. The number of aliphatic hydroxyl groups excluding tert-OH is 1. The minimum atomic E-state index is -0.534. The molecule has 2 aromatic rings. The number of rotatable bonds is 7. The fourth-order valence-electron chi connectivity index (χ4n) is 2.35. The molecule has 0 aliphatic rings. The maximum atomic E-state index is 12.1. The fraction of sp³-hybridized carbons (Fsp3) is 0.412. The van der Waals surface area contributed by atoms with Gasteiger partial charge in [0.1, 0.15) is 0 Å². The third-order valence-corrected chi connectivity index (χ3v) is 3.87.